The molecule has 2 aromatic rings. The standard InChI is InChI=1S/C15H20ClN3/c1-3-19-14-9-11(16)4-5-12(14)18-15(19)13-8-10(2)6-7-17-13/h4-5,9-10,13,17H,3,6-8H2,1-2H3. The van der Waals surface area contributed by atoms with Gasteiger partial charge in [0.05, 0.1) is 17.1 Å². The van der Waals surface area contributed by atoms with Crippen molar-refractivity contribution in [1.29, 1.82) is 0 Å². The first-order valence-corrected chi connectivity index (χ1v) is 7.46. The minimum Gasteiger partial charge on any atom is -0.327 e. The van der Waals surface area contributed by atoms with Gasteiger partial charge in [0.1, 0.15) is 5.82 Å². The van der Waals surface area contributed by atoms with E-state index < -0.39 is 0 Å². The van der Waals surface area contributed by atoms with Crippen LogP contribution in [0.25, 0.3) is 11.0 Å². The van der Waals surface area contributed by atoms with E-state index in [1.807, 2.05) is 18.2 Å². The summed E-state index contributed by atoms with van der Waals surface area (Å²) < 4.78 is 2.29. The average Bonchev–Trinajstić information content (AvgIpc) is 2.76. The van der Waals surface area contributed by atoms with E-state index in [4.69, 9.17) is 16.6 Å². The van der Waals surface area contributed by atoms with Gasteiger partial charge in [0.2, 0.25) is 0 Å². The third-order valence-corrected chi connectivity index (χ3v) is 4.27. The van der Waals surface area contributed by atoms with Gasteiger partial charge in [-0.3, -0.25) is 0 Å². The maximum absolute atomic E-state index is 6.11. The van der Waals surface area contributed by atoms with E-state index in [1.165, 1.54) is 6.42 Å². The van der Waals surface area contributed by atoms with Crippen LogP contribution < -0.4 is 5.32 Å². The predicted molar refractivity (Wildman–Crippen MR) is 79.6 cm³/mol. The fraction of sp³-hybridized carbons (Fsp3) is 0.533. The molecular weight excluding hydrogens is 258 g/mol. The Morgan fingerprint density at radius 2 is 2.32 bits per heavy atom. The minimum absolute atomic E-state index is 0.370. The summed E-state index contributed by atoms with van der Waals surface area (Å²) in [6.45, 7) is 6.50. The molecule has 1 aromatic heterocycles. The van der Waals surface area contributed by atoms with Crippen molar-refractivity contribution in [3.63, 3.8) is 0 Å². The lowest BCUT2D eigenvalue weighted by Crippen LogP contribution is -2.32. The molecule has 1 aromatic carbocycles. The van der Waals surface area contributed by atoms with Crippen molar-refractivity contribution in [3.8, 4) is 0 Å². The third-order valence-electron chi connectivity index (χ3n) is 4.03. The summed E-state index contributed by atoms with van der Waals surface area (Å²) in [7, 11) is 0. The Morgan fingerprint density at radius 3 is 3.05 bits per heavy atom. The molecule has 2 atom stereocenters. The van der Waals surface area contributed by atoms with Crippen LogP contribution in [0.5, 0.6) is 0 Å². The smallest absolute Gasteiger partial charge is 0.127 e. The van der Waals surface area contributed by atoms with Gasteiger partial charge in [-0.05, 0) is 50.4 Å². The Kier molecular flexibility index (Phi) is 3.50. The zero-order valence-corrected chi connectivity index (χ0v) is 12.2. The lowest BCUT2D eigenvalue weighted by atomic mass is 9.94. The summed E-state index contributed by atoms with van der Waals surface area (Å²) in [5.74, 6) is 1.92. The van der Waals surface area contributed by atoms with E-state index >= 15 is 0 Å². The molecule has 3 nitrogen and oxygen atoms in total. The van der Waals surface area contributed by atoms with Crippen molar-refractivity contribution in [2.45, 2.75) is 39.3 Å². The Labute approximate surface area is 119 Å². The highest BCUT2D eigenvalue weighted by Gasteiger charge is 2.24. The van der Waals surface area contributed by atoms with Crippen LogP contribution in [0.15, 0.2) is 18.2 Å². The monoisotopic (exact) mass is 277 g/mol. The minimum atomic E-state index is 0.370. The molecule has 0 bridgehead atoms. The van der Waals surface area contributed by atoms with Gasteiger partial charge >= 0.3 is 0 Å². The van der Waals surface area contributed by atoms with Crippen molar-refractivity contribution in [2.24, 2.45) is 5.92 Å². The lowest BCUT2D eigenvalue weighted by molar-refractivity contribution is 0.311. The first kappa shape index (κ1) is 12.9. The van der Waals surface area contributed by atoms with Crippen molar-refractivity contribution in [1.82, 2.24) is 14.9 Å². The zero-order chi connectivity index (χ0) is 13.4. The fourth-order valence-corrected chi connectivity index (χ4v) is 3.18. The van der Waals surface area contributed by atoms with Gasteiger partial charge in [-0.25, -0.2) is 4.98 Å². The fourth-order valence-electron chi connectivity index (χ4n) is 3.02. The molecule has 102 valence electrons. The van der Waals surface area contributed by atoms with E-state index in [0.29, 0.717) is 6.04 Å². The van der Waals surface area contributed by atoms with Gasteiger partial charge < -0.3 is 9.88 Å². The molecule has 4 heteroatoms. The van der Waals surface area contributed by atoms with Crippen LogP contribution in [0.3, 0.4) is 0 Å². The highest BCUT2D eigenvalue weighted by atomic mass is 35.5. The Morgan fingerprint density at radius 1 is 1.47 bits per heavy atom. The molecule has 0 aliphatic carbocycles. The van der Waals surface area contributed by atoms with Crippen molar-refractivity contribution >= 4 is 22.6 Å². The van der Waals surface area contributed by atoms with Gasteiger partial charge in [0, 0.05) is 11.6 Å². The van der Waals surface area contributed by atoms with E-state index in [1.54, 1.807) is 0 Å². The number of nitrogens with one attached hydrogen (secondary N) is 1. The van der Waals surface area contributed by atoms with Gasteiger partial charge in [-0.15, -0.1) is 0 Å². The predicted octanol–water partition coefficient (Wildman–Crippen LogP) is 3.77. The number of hydrogen-bond donors (Lipinski definition) is 1. The summed E-state index contributed by atoms with van der Waals surface area (Å²) in [5, 5.41) is 4.38. The molecule has 1 aliphatic heterocycles. The summed E-state index contributed by atoms with van der Waals surface area (Å²) in [6.07, 6.45) is 2.42. The van der Waals surface area contributed by atoms with E-state index in [0.717, 1.165) is 47.3 Å². The highest BCUT2D eigenvalue weighted by Crippen LogP contribution is 2.29. The van der Waals surface area contributed by atoms with Crippen molar-refractivity contribution in [3.05, 3.63) is 29.0 Å². The molecule has 2 heterocycles. The first-order chi connectivity index (χ1) is 9.19. The second-order valence-corrected chi connectivity index (χ2v) is 5.92. The number of piperidine rings is 1. The molecule has 1 fully saturated rings. The average molecular weight is 278 g/mol. The second-order valence-electron chi connectivity index (χ2n) is 5.48. The lowest BCUT2D eigenvalue weighted by Gasteiger charge is -2.28. The largest absolute Gasteiger partial charge is 0.327 e. The molecule has 1 N–H and O–H groups in total. The number of hydrogen-bond acceptors (Lipinski definition) is 2. The van der Waals surface area contributed by atoms with E-state index in [9.17, 15) is 0 Å². The van der Waals surface area contributed by atoms with E-state index in [2.05, 4.69) is 23.7 Å². The number of aromatic nitrogens is 2. The summed E-state index contributed by atoms with van der Waals surface area (Å²) in [5.41, 5.74) is 2.19. The number of nitrogens with zero attached hydrogens (tertiary/aromatic N) is 2. The number of aryl methyl sites for hydroxylation is 1. The molecule has 0 saturated carbocycles. The molecule has 0 radical (unpaired) electrons. The Hall–Kier alpha value is -1.06. The number of fused-ring (bicyclic) bond motifs is 1. The number of rotatable bonds is 2. The van der Waals surface area contributed by atoms with Crippen LogP contribution in [0.2, 0.25) is 5.02 Å². The molecule has 3 rings (SSSR count). The molecule has 1 aliphatic rings. The quantitative estimate of drug-likeness (QED) is 0.906. The molecule has 1 saturated heterocycles. The molecule has 19 heavy (non-hydrogen) atoms. The molecule has 0 spiro atoms. The Balaban J connectivity index is 2.07. The SMILES string of the molecule is CCn1c(C2CC(C)CCN2)nc2ccc(Cl)cc21. The van der Waals surface area contributed by atoms with Crippen molar-refractivity contribution in [2.75, 3.05) is 6.54 Å². The van der Waals surface area contributed by atoms with Crippen molar-refractivity contribution < 1.29 is 0 Å². The normalized spacial score (nSPS) is 23.9. The van der Waals surface area contributed by atoms with Crippen LogP contribution in [0, 0.1) is 5.92 Å². The third kappa shape index (κ3) is 2.37. The van der Waals surface area contributed by atoms with Gasteiger partial charge in [-0.1, -0.05) is 18.5 Å². The van der Waals surface area contributed by atoms with Gasteiger partial charge in [0.25, 0.3) is 0 Å². The zero-order valence-electron chi connectivity index (χ0n) is 11.5. The van der Waals surface area contributed by atoms with Gasteiger partial charge in [-0.2, -0.15) is 0 Å². The van der Waals surface area contributed by atoms with Crippen LogP contribution >= 0.6 is 11.6 Å². The van der Waals surface area contributed by atoms with Crippen LogP contribution in [-0.2, 0) is 6.54 Å². The number of benzene rings is 1. The summed E-state index contributed by atoms with van der Waals surface area (Å²) in [6, 6.07) is 6.32. The number of halogens is 1. The van der Waals surface area contributed by atoms with Crippen LogP contribution in [-0.4, -0.2) is 16.1 Å². The van der Waals surface area contributed by atoms with Crippen LogP contribution in [0.1, 0.15) is 38.6 Å². The van der Waals surface area contributed by atoms with Crippen LogP contribution in [0.4, 0.5) is 0 Å². The Bertz CT molecular complexity index is 590. The molecule has 2 unspecified atom stereocenters. The number of imidazole rings is 1. The summed E-state index contributed by atoms with van der Waals surface area (Å²) >= 11 is 6.11. The molecule has 0 amide bonds. The highest BCUT2D eigenvalue weighted by molar-refractivity contribution is 6.31. The topological polar surface area (TPSA) is 29.9 Å². The first-order valence-electron chi connectivity index (χ1n) is 7.08. The summed E-state index contributed by atoms with van der Waals surface area (Å²) in [4.78, 5) is 4.82. The van der Waals surface area contributed by atoms with E-state index in [-0.39, 0.29) is 0 Å². The van der Waals surface area contributed by atoms with Gasteiger partial charge in [0.15, 0.2) is 0 Å². The maximum Gasteiger partial charge on any atom is 0.127 e. The molecular formula is C15H20ClN3. The second kappa shape index (κ2) is 5.14. The maximum atomic E-state index is 6.11.